The molecule has 0 aliphatic heterocycles. The number of unbranched alkanes of at least 4 members (excludes halogenated alkanes) is 1. The molecular weight excluding hydrogens is 258 g/mol. The minimum absolute atomic E-state index is 0. The zero-order valence-corrected chi connectivity index (χ0v) is 11.0. The van der Waals surface area contributed by atoms with Gasteiger partial charge in [0.15, 0.2) is 0 Å². The summed E-state index contributed by atoms with van der Waals surface area (Å²) >= 11 is 0. The highest BCUT2D eigenvalue weighted by molar-refractivity contribution is 4.54. The van der Waals surface area contributed by atoms with Gasteiger partial charge in [0.2, 0.25) is 6.33 Å². The summed E-state index contributed by atoms with van der Waals surface area (Å²) in [6.45, 7) is 5.75. The molecule has 0 radical (unpaired) electrons. The molecule has 1 atom stereocenters. The fraction of sp³-hybridized carbons (Fsp3) is 0.800. The van der Waals surface area contributed by atoms with Crippen molar-refractivity contribution in [3.05, 3.63) is 12.7 Å². The van der Waals surface area contributed by atoms with E-state index < -0.39 is 0 Å². The number of hydrogen-bond acceptors (Lipinski definition) is 2. The van der Waals surface area contributed by atoms with E-state index in [4.69, 9.17) is 0 Å². The van der Waals surface area contributed by atoms with Crippen LogP contribution in [-0.4, -0.2) is 21.0 Å². The van der Waals surface area contributed by atoms with Crippen molar-refractivity contribution in [2.45, 2.75) is 52.3 Å². The van der Waals surface area contributed by atoms with Gasteiger partial charge in [0, 0.05) is 5.10 Å². The third-order valence-corrected chi connectivity index (χ3v) is 2.27. The van der Waals surface area contributed by atoms with Crippen LogP contribution in [0.15, 0.2) is 12.7 Å². The molecule has 5 heteroatoms. The first kappa shape index (κ1) is 14.6. The summed E-state index contributed by atoms with van der Waals surface area (Å²) in [6, 6.07) is 0. The molecule has 0 bridgehead atoms. The Bertz CT molecular complexity index is 265. The summed E-state index contributed by atoms with van der Waals surface area (Å²) in [5.74, 6) is 0. The van der Waals surface area contributed by atoms with Crippen LogP contribution in [0.1, 0.15) is 33.1 Å². The Labute approximate surface area is 102 Å². The maximum absolute atomic E-state index is 9.43. The maximum Gasteiger partial charge on any atom is 0.265 e. The second kappa shape index (κ2) is 7.82. The second-order valence-corrected chi connectivity index (χ2v) is 3.62. The van der Waals surface area contributed by atoms with E-state index in [1.807, 2.05) is 19.6 Å². The van der Waals surface area contributed by atoms with Crippen LogP contribution in [0.3, 0.4) is 0 Å². The van der Waals surface area contributed by atoms with Gasteiger partial charge >= 0.3 is 0 Å². The van der Waals surface area contributed by atoms with E-state index in [1.54, 1.807) is 4.68 Å². The Morgan fingerprint density at radius 2 is 2.20 bits per heavy atom. The summed E-state index contributed by atoms with van der Waals surface area (Å²) in [4.78, 5) is 0. The molecule has 1 aromatic rings. The van der Waals surface area contributed by atoms with Crippen LogP contribution >= 0.6 is 0 Å². The van der Waals surface area contributed by atoms with Crippen LogP contribution in [0.2, 0.25) is 0 Å². The Balaban J connectivity index is 0.00000196. The van der Waals surface area contributed by atoms with Crippen LogP contribution in [0, 0.1) is 0 Å². The fourth-order valence-electron chi connectivity index (χ4n) is 1.26. The molecule has 0 unspecified atom stereocenters. The standard InChI is InChI=1S/C10H20N3O.BrH/c1-3-5-6-12-8-11-13(9-12)7-10(14)4-2;/h8-10,14H,3-7H2,1-2H3;1H/q+1;/p-1/t10-;/m0./s1. The first-order chi connectivity index (χ1) is 6.76. The lowest BCUT2D eigenvalue weighted by Crippen LogP contribution is -3.00. The summed E-state index contributed by atoms with van der Waals surface area (Å²) in [7, 11) is 0. The van der Waals surface area contributed by atoms with Crippen molar-refractivity contribution in [2.75, 3.05) is 0 Å². The van der Waals surface area contributed by atoms with Gasteiger partial charge in [-0.05, 0) is 12.8 Å². The van der Waals surface area contributed by atoms with E-state index in [-0.39, 0.29) is 23.1 Å². The van der Waals surface area contributed by atoms with Crippen LogP contribution in [-0.2, 0) is 13.1 Å². The van der Waals surface area contributed by atoms with Gasteiger partial charge in [0.1, 0.15) is 6.54 Å². The van der Waals surface area contributed by atoms with Crippen molar-refractivity contribution >= 4 is 0 Å². The van der Waals surface area contributed by atoms with Gasteiger partial charge in [0.25, 0.3) is 6.33 Å². The van der Waals surface area contributed by atoms with E-state index in [9.17, 15) is 5.11 Å². The van der Waals surface area contributed by atoms with Gasteiger partial charge in [-0.2, -0.15) is 0 Å². The Morgan fingerprint density at radius 3 is 2.80 bits per heavy atom. The van der Waals surface area contributed by atoms with Crippen LogP contribution < -0.4 is 21.5 Å². The second-order valence-electron chi connectivity index (χ2n) is 3.62. The minimum Gasteiger partial charge on any atom is -1.00 e. The largest absolute Gasteiger partial charge is 1.00 e. The van der Waals surface area contributed by atoms with Crippen molar-refractivity contribution in [2.24, 2.45) is 0 Å². The van der Waals surface area contributed by atoms with Crippen molar-refractivity contribution in [3.8, 4) is 0 Å². The highest BCUT2D eigenvalue weighted by Crippen LogP contribution is 1.93. The molecule has 15 heavy (non-hydrogen) atoms. The number of nitrogens with zero attached hydrogens (tertiary/aromatic N) is 3. The minimum atomic E-state index is -0.283. The Hall–Kier alpha value is -0.420. The first-order valence-electron chi connectivity index (χ1n) is 5.35. The third-order valence-electron chi connectivity index (χ3n) is 2.27. The molecule has 1 N–H and O–H groups in total. The van der Waals surface area contributed by atoms with E-state index >= 15 is 0 Å². The van der Waals surface area contributed by atoms with Gasteiger partial charge in [-0.25, -0.2) is 4.57 Å². The molecule has 0 spiro atoms. The number of rotatable bonds is 6. The molecule has 0 fully saturated rings. The molecule has 88 valence electrons. The molecule has 4 nitrogen and oxygen atoms in total. The summed E-state index contributed by atoms with van der Waals surface area (Å²) in [6.07, 6.45) is 6.62. The molecule has 1 rings (SSSR count). The zero-order chi connectivity index (χ0) is 10.4. The van der Waals surface area contributed by atoms with Crippen molar-refractivity contribution in [3.63, 3.8) is 0 Å². The summed E-state index contributed by atoms with van der Waals surface area (Å²) in [5.41, 5.74) is 0. The van der Waals surface area contributed by atoms with Crippen molar-refractivity contribution in [1.29, 1.82) is 0 Å². The number of aromatic nitrogens is 3. The van der Waals surface area contributed by atoms with E-state index in [1.165, 1.54) is 12.8 Å². The monoisotopic (exact) mass is 277 g/mol. The fourth-order valence-corrected chi connectivity index (χ4v) is 1.26. The highest BCUT2D eigenvalue weighted by atomic mass is 79.9. The predicted molar refractivity (Wildman–Crippen MR) is 53.6 cm³/mol. The molecule has 0 saturated carbocycles. The number of aliphatic hydroxyl groups excluding tert-OH is 1. The Morgan fingerprint density at radius 1 is 1.47 bits per heavy atom. The Kier molecular flexibility index (Phi) is 7.60. The number of hydrogen-bond donors (Lipinski definition) is 1. The van der Waals surface area contributed by atoms with Gasteiger partial charge in [0.05, 0.1) is 12.6 Å². The molecule has 0 aromatic carbocycles. The van der Waals surface area contributed by atoms with Crippen molar-refractivity contribution < 1.29 is 26.7 Å². The molecular formula is C10H20BrN3O. The highest BCUT2D eigenvalue weighted by Gasteiger charge is 2.09. The molecule has 0 aliphatic carbocycles. The molecule has 0 saturated heterocycles. The predicted octanol–water partition coefficient (Wildman–Crippen LogP) is -2.25. The molecule has 1 heterocycles. The zero-order valence-electron chi connectivity index (χ0n) is 9.43. The quantitative estimate of drug-likeness (QED) is 0.597. The lowest BCUT2D eigenvalue weighted by Gasteiger charge is -2.01. The van der Waals surface area contributed by atoms with E-state index in [0.717, 1.165) is 13.0 Å². The lowest BCUT2D eigenvalue weighted by molar-refractivity contribution is -0.698. The summed E-state index contributed by atoms with van der Waals surface area (Å²) in [5, 5.41) is 13.6. The van der Waals surface area contributed by atoms with Gasteiger partial charge in [-0.1, -0.05) is 20.3 Å². The average molecular weight is 278 g/mol. The molecule has 0 amide bonds. The number of aryl methyl sites for hydroxylation is 1. The van der Waals surface area contributed by atoms with Crippen LogP contribution in [0.25, 0.3) is 0 Å². The van der Waals surface area contributed by atoms with Crippen LogP contribution in [0.5, 0.6) is 0 Å². The smallest absolute Gasteiger partial charge is 0.265 e. The third kappa shape index (κ3) is 5.28. The number of halogens is 1. The van der Waals surface area contributed by atoms with Gasteiger partial charge < -0.3 is 22.1 Å². The topological polar surface area (TPSA) is 41.9 Å². The maximum atomic E-state index is 9.43. The van der Waals surface area contributed by atoms with E-state index in [2.05, 4.69) is 16.6 Å². The van der Waals surface area contributed by atoms with Gasteiger partial charge in [-0.3, -0.25) is 0 Å². The molecule has 1 aromatic heterocycles. The van der Waals surface area contributed by atoms with Crippen LogP contribution in [0.4, 0.5) is 0 Å². The van der Waals surface area contributed by atoms with E-state index in [0.29, 0.717) is 6.54 Å². The molecule has 0 aliphatic rings. The first-order valence-corrected chi connectivity index (χ1v) is 5.35. The SMILES string of the molecule is CCCC[n+]1cnn(C[C@@H](O)CC)c1.[Br-]. The summed E-state index contributed by atoms with van der Waals surface area (Å²) < 4.78 is 3.86. The number of aliphatic hydroxyl groups is 1. The van der Waals surface area contributed by atoms with Crippen molar-refractivity contribution in [1.82, 2.24) is 9.78 Å². The average Bonchev–Trinajstić information content (AvgIpc) is 2.62. The normalized spacial score (nSPS) is 12.2. The lowest BCUT2D eigenvalue weighted by atomic mass is 10.3. The van der Waals surface area contributed by atoms with Gasteiger partial charge in [-0.15, -0.1) is 4.68 Å².